The molecule has 4 rings (SSSR count). The van der Waals surface area contributed by atoms with Crippen molar-refractivity contribution in [1.82, 2.24) is 9.88 Å². The molecule has 24 heavy (non-hydrogen) atoms. The number of fused-ring (bicyclic) bond motifs is 3. The third-order valence-corrected chi connectivity index (χ3v) is 5.69. The van der Waals surface area contributed by atoms with E-state index in [0.29, 0.717) is 12.0 Å². The lowest BCUT2D eigenvalue weighted by molar-refractivity contribution is 0.231. The molecule has 126 valence electrons. The molecular formula is C21H27N3. The topological polar surface area (TPSA) is 19.4 Å². The number of rotatable bonds is 3. The van der Waals surface area contributed by atoms with Gasteiger partial charge in [-0.15, -0.1) is 0 Å². The fourth-order valence-electron chi connectivity index (χ4n) is 4.37. The van der Waals surface area contributed by atoms with Crippen molar-refractivity contribution < 1.29 is 0 Å². The molecular weight excluding hydrogens is 294 g/mol. The average Bonchev–Trinajstić information content (AvgIpc) is 2.87. The van der Waals surface area contributed by atoms with Crippen LogP contribution in [0, 0.1) is 13.8 Å². The zero-order valence-electron chi connectivity index (χ0n) is 15.0. The Hall–Kier alpha value is -1.87. The molecule has 1 saturated heterocycles. The molecule has 2 aliphatic rings. The number of aromatic nitrogens is 1. The Morgan fingerprint density at radius 3 is 2.83 bits per heavy atom. The largest absolute Gasteiger partial charge is 0.367 e. The number of nitrogens with zero attached hydrogens (tertiary/aromatic N) is 3. The molecule has 0 bridgehead atoms. The lowest BCUT2D eigenvalue weighted by atomic mass is 9.89. The van der Waals surface area contributed by atoms with Crippen LogP contribution in [0.3, 0.4) is 0 Å². The minimum absolute atomic E-state index is 0.662. The smallest absolute Gasteiger partial charge is 0.0405 e. The second-order valence-corrected chi connectivity index (χ2v) is 7.54. The molecule has 2 aliphatic heterocycles. The zero-order valence-corrected chi connectivity index (χ0v) is 15.0. The van der Waals surface area contributed by atoms with Crippen molar-refractivity contribution in [3.05, 3.63) is 58.9 Å². The number of anilines is 1. The Morgan fingerprint density at radius 2 is 2.04 bits per heavy atom. The van der Waals surface area contributed by atoms with Crippen LogP contribution in [0.5, 0.6) is 0 Å². The highest BCUT2D eigenvalue weighted by molar-refractivity contribution is 5.63. The maximum Gasteiger partial charge on any atom is 0.0405 e. The Morgan fingerprint density at radius 1 is 1.17 bits per heavy atom. The summed E-state index contributed by atoms with van der Waals surface area (Å²) >= 11 is 0. The molecule has 0 amide bonds. The number of likely N-dealkylation sites (tertiary alicyclic amines) is 1. The standard InChI is InChI=1S/C21H27N3/c1-15-4-7-20-18(12-15)19-14-23(3)10-9-21(19)24(20)11-8-17-6-5-16(2)22-13-17/h4-7,12-13,19,21H,8-11,14H2,1-3H3/t19-,21+/m0/s1. The van der Waals surface area contributed by atoms with E-state index in [4.69, 9.17) is 0 Å². The van der Waals surface area contributed by atoms with Crippen LogP contribution in [0.2, 0.25) is 0 Å². The number of piperidine rings is 1. The fraction of sp³-hybridized carbons (Fsp3) is 0.476. The van der Waals surface area contributed by atoms with Gasteiger partial charge in [0.15, 0.2) is 0 Å². The van der Waals surface area contributed by atoms with Gasteiger partial charge in [-0.1, -0.05) is 23.8 Å². The van der Waals surface area contributed by atoms with Gasteiger partial charge in [0, 0.05) is 42.6 Å². The van der Waals surface area contributed by atoms with Gasteiger partial charge < -0.3 is 9.80 Å². The predicted molar refractivity (Wildman–Crippen MR) is 99.8 cm³/mol. The minimum Gasteiger partial charge on any atom is -0.367 e. The Balaban J connectivity index is 1.59. The van der Waals surface area contributed by atoms with E-state index in [1.165, 1.54) is 36.3 Å². The maximum atomic E-state index is 4.45. The Bertz CT molecular complexity index is 722. The van der Waals surface area contributed by atoms with Crippen LogP contribution in [-0.2, 0) is 6.42 Å². The van der Waals surface area contributed by atoms with Crippen LogP contribution in [0.25, 0.3) is 0 Å². The maximum absolute atomic E-state index is 4.45. The van der Waals surface area contributed by atoms with E-state index in [1.807, 2.05) is 13.1 Å². The molecule has 1 aromatic heterocycles. The Kier molecular flexibility index (Phi) is 4.05. The molecule has 0 aliphatic carbocycles. The third kappa shape index (κ3) is 2.82. The molecule has 2 atom stereocenters. The van der Waals surface area contributed by atoms with Crippen molar-refractivity contribution in [2.24, 2.45) is 0 Å². The normalized spacial score (nSPS) is 23.2. The number of benzene rings is 1. The van der Waals surface area contributed by atoms with Gasteiger partial charge in [0.25, 0.3) is 0 Å². The van der Waals surface area contributed by atoms with Crippen LogP contribution in [0.15, 0.2) is 36.5 Å². The van der Waals surface area contributed by atoms with Crippen LogP contribution < -0.4 is 4.90 Å². The summed E-state index contributed by atoms with van der Waals surface area (Å²) in [6, 6.07) is 12.0. The van der Waals surface area contributed by atoms with E-state index in [2.05, 4.69) is 59.1 Å². The van der Waals surface area contributed by atoms with Gasteiger partial charge in [-0.05, 0) is 63.5 Å². The first-order valence-corrected chi connectivity index (χ1v) is 9.09. The van der Waals surface area contributed by atoms with Crippen LogP contribution >= 0.6 is 0 Å². The first-order chi connectivity index (χ1) is 11.6. The molecule has 0 saturated carbocycles. The molecule has 3 heteroatoms. The van der Waals surface area contributed by atoms with E-state index >= 15 is 0 Å². The van der Waals surface area contributed by atoms with E-state index in [-0.39, 0.29) is 0 Å². The predicted octanol–water partition coefficient (Wildman–Crippen LogP) is 3.55. The summed E-state index contributed by atoms with van der Waals surface area (Å²) in [6.45, 7) is 7.74. The summed E-state index contributed by atoms with van der Waals surface area (Å²) in [5.74, 6) is 0.662. The number of pyridine rings is 1. The van der Waals surface area contributed by atoms with Gasteiger partial charge in [-0.2, -0.15) is 0 Å². The van der Waals surface area contributed by atoms with Gasteiger partial charge in [-0.25, -0.2) is 0 Å². The summed E-state index contributed by atoms with van der Waals surface area (Å²) in [4.78, 5) is 9.61. The molecule has 0 unspecified atom stereocenters. The van der Waals surface area contributed by atoms with E-state index < -0.39 is 0 Å². The van der Waals surface area contributed by atoms with Crippen molar-refractivity contribution >= 4 is 5.69 Å². The molecule has 0 N–H and O–H groups in total. The Labute approximate surface area is 145 Å². The van der Waals surface area contributed by atoms with Crippen molar-refractivity contribution in [2.75, 3.05) is 31.6 Å². The number of hydrogen-bond donors (Lipinski definition) is 0. The lowest BCUT2D eigenvalue weighted by Gasteiger charge is -2.37. The fourth-order valence-corrected chi connectivity index (χ4v) is 4.37. The molecule has 3 heterocycles. The van der Waals surface area contributed by atoms with Crippen molar-refractivity contribution in [3.63, 3.8) is 0 Å². The first-order valence-electron chi connectivity index (χ1n) is 9.09. The average molecular weight is 321 g/mol. The van der Waals surface area contributed by atoms with Crippen molar-refractivity contribution in [3.8, 4) is 0 Å². The molecule has 1 aromatic carbocycles. The van der Waals surface area contributed by atoms with Gasteiger partial charge in [-0.3, -0.25) is 4.98 Å². The van der Waals surface area contributed by atoms with E-state index in [9.17, 15) is 0 Å². The van der Waals surface area contributed by atoms with E-state index in [0.717, 1.165) is 18.7 Å². The van der Waals surface area contributed by atoms with Gasteiger partial charge in [0.1, 0.15) is 0 Å². The summed E-state index contributed by atoms with van der Waals surface area (Å²) in [6.07, 6.45) is 4.37. The van der Waals surface area contributed by atoms with Gasteiger partial charge in [0.2, 0.25) is 0 Å². The summed E-state index contributed by atoms with van der Waals surface area (Å²) in [5, 5.41) is 0. The molecule has 3 nitrogen and oxygen atoms in total. The van der Waals surface area contributed by atoms with E-state index in [1.54, 1.807) is 5.56 Å². The summed E-state index contributed by atoms with van der Waals surface area (Å²) in [5.41, 5.74) is 6.84. The SMILES string of the molecule is Cc1ccc2c(c1)[C@@H]1CN(C)CC[C@H]1N2CCc1ccc(C)nc1. The van der Waals surface area contributed by atoms with Crippen LogP contribution in [-0.4, -0.2) is 42.6 Å². The van der Waals surface area contributed by atoms with Gasteiger partial charge in [0.05, 0.1) is 0 Å². The first kappa shape index (κ1) is 15.6. The summed E-state index contributed by atoms with van der Waals surface area (Å²) < 4.78 is 0. The molecule has 1 fully saturated rings. The number of hydrogen-bond acceptors (Lipinski definition) is 3. The molecule has 0 radical (unpaired) electrons. The lowest BCUT2D eigenvalue weighted by Crippen LogP contribution is -2.45. The van der Waals surface area contributed by atoms with Crippen molar-refractivity contribution in [2.45, 2.75) is 38.6 Å². The second-order valence-electron chi connectivity index (χ2n) is 7.54. The van der Waals surface area contributed by atoms with Crippen LogP contribution in [0.4, 0.5) is 5.69 Å². The minimum atomic E-state index is 0.662. The van der Waals surface area contributed by atoms with Gasteiger partial charge >= 0.3 is 0 Å². The third-order valence-electron chi connectivity index (χ3n) is 5.69. The molecule has 2 aromatic rings. The number of aryl methyl sites for hydroxylation is 2. The zero-order chi connectivity index (χ0) is 16.7. The molecule has 0 spiro atoms. The van der Waals surface area contributed by atoms with Crippen LogP contribution in [0.1, 0.15) is 34.7 Å². The highest BCUT2D eigenvalue weighted by atomic mass is 15.2. The number of likely N-dealkylation sites (N-methyl/N-ethyl adjacent to an activating group) is 1. The monoisotopic (exact) mass is 321 g/mol. The highest BCUT2D eigenvalue weighted by Gasteiger charge is 2.40. The van der Waals surface area contributed by atoms with Crippen molar-refractivity contribution in [1.29, 1.82) is 0 Å². The second kappa shape index (κ2) is 6.21. The highest BCUT2D eigenvalue weighted by Crippen LogP contribution is 2.44. The quantitative estimate of drug-likeness (QED) is 0.862. The summed E-state index contributed by atoms with van der Waals surface area (Å²) in [7, 11) is 2.26.